The van der Waals surface area contributed by atoms with Crippen LogP contribution in [0.1, 0.15) is 23.1 Å². The quantitative estimate of drug-likeness (QED) is 0.559. The van der Waals surface area contributed by atoms with Crippen molar-refractivity contribution in [3.63, 3.8) is 0 Å². The van der Waals surface area contributed by atoms with Gasteiger partial charge < -0.3 is 15.8 Å². The summed E-state index contributed by atoms with van der Waals surface area (Å²) in [4.78, 5) is 26.8. The average Bonchev–Trinajstić information content (AvgIpc) is 2.99. The van der Waals surface area contributed by atoms with E-state index in [1.54, 1.807) is 6.08 Å². The second kappa shape index (κ2) is 9.48. The van der Waals surface area contributed by atoms with Crippen LogP contribution in [-0.4, -0.2) is 55.6 Å². The number of carbonyl (C=O) groups is 2. The van der Waals surface area contributed by atoms with Gasteiger partial charge in [0.15, 0.2) is 0 Å². The van der Waals surface area contributed by atoms with Crippen molar-refractivity contribution in [2.75, 3.05) is 20.7 Å². The first-order chi connectivity index (χ1) is 12.8. The molecule has 0 radical (unpaired) electrons. The van der Waals surface area contributed by atoms with Gasteiger partial charge >= 0.3 is 5.97 Å². The van der Waals surface area contributed by atoms with Crippen LogP contribution in [-0.2, 0) is 20.7 Å². The number of ether oxygens (including phenoxy) is 1. The highest BCUT2D eigenvalue weighted by atomic mass is 16.5. The number of nitrogens with one attached hydrogen (secondary N) is 1. The van der Waals surface area contributed by atoms with E-state index in [-0.39, 0.29) is 18.0 Å². The van der Waals surface area contributed by atoms with E-state index in [0.717, 1.165) is 16.7 Å². The van der Waals surface area contributed by atoms with E-state index in [9.17, 15) is 9.59 Å². The Labute approximate surface area is 161 Å². The zero-order valence-corrected chi connectivity index (χ0v) is 16.3. The van der Waals surface area contributed by atoms with Crippen molar-refractivity contribution in [3.05, 3.63) is 53.6 Å². The molecule has 0 bridgehead atoms. The van der Waals surface area contributed by atoms with Gasteiger partial charge in [-0.1, -0.05) is 43.0 Å². The van der Waals surface area contributed by atoms with Crippen LogP contribution < -0.4 is 11.1 Å². The molecule has 0 aromatic heterocycles. The first-order valence-electron chi connectivity index (χ1n) is 9.08. The summed E-state index contributed by atoms with van der Waals surface area (Å²) < 4.78 is 4.90. The van der Waals surface area contributed by atoms with Crippen LogP contribution in [0.2, 0.25) is 0 Å². The van der Waals surface area contributed by atoms with Gasteiger partial charge in [0.2, 0.25) is 5.91 Å². The summed E-state index contributed by atoms with van der Waals surface area (Å²) >= 11 is 0. The third-order valence-electron chi connectivity index (χ3n) is 4.88. The molecule has 3 N–H and O–H groups in total. The number of likely N-dealkylation sites (tertiary alicyclic amines) is 1. The highest BCUT2D eigenvalue weighted by Gasteiger charge is 2.34. The smallest absolute Gasteiger partial charge is 0.328 e. The first-order valence-corrected chi connectivity index (χ1v) is 9.08. The number of nitrogens with zero attached hydrogens (tertiary/aromatic N) is 1. The molecule has 3 unspecified atom stereocenters. The molecular formula is C21H29N3O3. The molecule has 146 valence electrons. The lowest BCUT2D eigenvalue weighted by molar-refractivity contribution is -0.145. The Morgan fingerprint density at radius 1 is 1.48 bits per heavy atom. The van der Waals surface area contributed by atoms with Gasteiger partial charge in [-0.3, -0.25) is 9.69 Å². The molecule has 1 fully saturated rings. The van der Waals surface area contributed by atoms with Crippen molar-refractivity contribution in [3.8, 4) is 0 Å². The summed E-state index contributed by atoms with van der Waals surface area (Å²) in [7, 11) is 3.19. The molecule has 0 saturated carbocycles. The third kappa shape index (κ3) is 5.52. The largest absolute Gasteiger partial charge is 0.467 e. The second-order valence-electron chi connectivity index (χ2n) is 7.03. The Morgan fingerprint density at radius 3 is 2.81 bits per heavy atom. The van der Waals surface area contributed by atoms with Crippen molar-refractivity contribution in [1.29, 1.82) is 0 Å². The minimum atomic E-state index is -0.744. The minimum absolute atomic E-state index is 0.0290. The number of rotatable bonds is 7. The molecular weight excluding hydrogens is 342 g/mol. The van der Waals surface area contributed by atoms with Crippen LogP contribution in [0.3, 0.4) is 0 Å². The molecule has 0 spiro atoms. The maximum absolute atomic E-state index is 12.6. The number of nitrogens with two attached hydrogens (primary N) is 1. The molecule has 27 heavy (non-hydrogen) atoms. The number of carbonyl (C=O) groups excluding carboxylic acids is 2. The molecule has 1 aromatic rings. The van der Waals surface area contributed by atoms with Crippen LogP contribution >= 0.6 is 0 Å². The Morgan fingerprint density at radius 2 is 2.22 bits per heavy atom. The number of hydrogen-bond acceptors (Lipinski definition) is 5. The number of amides is 1. The SMILES string of the molecule is C=C/C=C\c1cc(CC(NC(=O)C2CC(N)CN2C)C(=O)OC)ccc1C. The molecule has 6 nitrogen and oxygen atoms in total. The summed E-state index contributed by atoms with van der Waals surface area (Å²) in [5, 5.41) is 2.84. The molecule has 1 aliphatic heterocycles. The predicted octanol–water partition coefficient (Wildman–Crippen LogP) is 1.43. The number of likely N-dealkylation sites (N-methyl/N-ethyl adjacent to an activating group) is 1. The van der Waals surface area contributed by atoms with Gasteiger partial charge in [0.1, 0.15) is 6.04 Å². The summed E-state index contributed by atoms with van der Waals surface area (Å²) in [6.45, 7) is 6.37. The number of esters is 1. The van der Waals surface area contributed by atoms with Crippen LogP contribution in [0.15, 0.2) is 36.9 Å². The van der Waals surface area contributed by atoms with Gasteiger partial charge in [-0.15, -0.1) is 0 Å². The number of aryl methyl sites for hydroxylation is 1. The van der Waals surface area contributed by atoms with Crippen LogP contribution in [0.5, 0.6) is 0 Å². The Kier molecular flexibility index (Phi) is 7.33. The van der Waals surface area contributed by atoms with Gasteiger partial charge in [0.05, 0.1) is 13.2 Å². The van der Waals surface area contributed by atoms with Crippen molar-refractivity contribution < 1.29 is 14.3 Å². The maximum atomic E-state index is 12.6. The van der Waals surface area contributed by atoms with E-state index in [1.165, 1.54) is 7.11 Å². The van der Waals surface area contributed by atoms with E-state index in [2.05, 4.69) is 11.9 Å². The van der Waals surface area contributed by atoms with Gasteiger partial charge in [-0.05, 0) is 37.1 Å². The van der Waals surface area contributed by atoms with E-state index < -0.39 is 12.0 Å². The van der Waals surface area contributed by atoms with Gasteiger partial charge in [-0.2, -0.15) is 0 Å². The topological polar surface area (TPSA) is 84.7 Å². The third-order valence-corrected chi connectivity index (χ3v) is 4.88. The maximum Gasteiger partial charge on any atom is 0.328 e. The highest BCUT2D eigenvalue weighted by Crippen LogP contribution is 2.17. The normalized spacial score (nSPS) is 21.2. The van der Waals surface area contributed by atoms with Gasteiger partial charge in [0, 0.05) is 19.0 Å². The van der Waals surface area contributed by atoms with E-state index in [1.807, 2.05) is 49.2 Å². The predicted molar refractivity (Wildman–Crippen MR) is 107 cm³/mol. The zero-order valence-electron chi connectivity index (χ0n) is 16.3. The fourth-order valence-electron chi connectivity index (χ4n) is 3.35. The lowest BCUT2D eigenvalue weighted by atomic mass is 9.99. The lowest BCUT2D eigenvalue weighted by Crippen LogP contribution is -2.49. The van der Waals surface area contributed by atoms with Crippen molar-refractivity contribution in [1.82, 2.24) is 10.2 Å². The van der Waals surface area contributed by atoms with Crippen LogP contribution in [0.25, 0.3) is 6.08 Å². The fraction of sp³-hybridized carbons (Fsp3) is 0.429. The Balaban J connectivity index is 2.15. The molecule has 1 saturated heterocycles. The Hall–Kier alpha value is -2.44. The van der Waals surface area contributed by atoms with Gasteiger partial charge in [-0.25, -0.2) is 4.79 Å². The number of hydrogen-bond donors (Lipinski definition) is 2. The molecule has 0 aliphatic carbocycles. The van der Waals surface area contributed by atoms with E-state index in [0.29, 0.717) is 19.4 Å². The number of allylic oxidation sites excluding steroid dienone is 2. The standard InChI is InChI=1S/C21H29N3O3/c1-5-6-7-16-10-15(9-8-14(16)2)11-18(21(26)27-4)23-20(25)19-12-17(22)13-24(19)3/h5-10,17-19H,1,11-13,22H2,2-4H3,(H,23,25)/b7-6-. The van der Waals surface area contributed by atoms with E-state index in [4.69, 9.17) is 10.5 Å². The number of benzene rings is 1. The highest BCUT2D eigenvalue weighted by molar-refractivity contribution is 5.88. The summed E-state index contributed by atoms with van der Waals surface area (Å²) in [5.74, 6) is -0.656. The fourth-order valence-corrected chi connectivity index (χ4v) is 3.35. The monoisotopic (exact) mass is 371 g/mol. The Bertz CT molecular complexity index is 729. The summed E-state index contributed by atoms with van der Waals surface area (Å²) in [6, 6.07) is 4.87. The first kappa shape index (κ1) is 20.9. The molecule has 1 heterocycles. The summed E-state index contributed by atoms with van der Waals surface area (Å²) in [5.41, 5.74) is 9.05. The van der Waals surface area contributed by atoms with Crippen molar-refractivity contribution >= 4 is 18.0 Å². The lowest BCUT2D eigenvalue weighted by Gasteiger charge is -2.22. The molecule has 6 heteroatoms. The van der Waals surface area contributed by atoms with Crippen molar-refractivity contribution in [2.45, 2.75) is 37.9 Å². The zero-order chi connectivity index (χ0) is 20.0. The summed E-state index contributed by atoms with van der Waals surface area (Å²) in [6.07, 6.45) is 6.48. The molecule has 3 atom stereocenters. The number of methoxy groups -OCH3 is 1. The molecule has 1 aromatic carbocycles. The van der Waals surface area contributed by atoms with Crippen LogP contribution in [0.4, 0.5) is 0 Å². The van der Waals surface area contributed by atoms with E-state index >= 15 is 0 Å². The molecule has 2 rings (SSSR count). The average molecular weight is 371 g/mol. The minimum Gasteiger partial charge on any atom is -0.467 e. The molecule has 1 amide bonds. The van der Waals surface area contributed by atoms with Crippen molar-refractivity contribution in [2.24, 2.45) is 5.73 Å². The van der Waals surface area contributed by atoms with Crippen LogP contribution in [0, 0.1) is 6.92 Å². The van der Waals surface area contributed by atoms with Gasteiger partial charge in [0.25, 0.3) is 0 Å². The second-order valence-corrected chi connectivity index (χ2v) is 7.03. The molecule has 1 aliphatic rings.